The summed E-state index contributed by atoms with van der Waals surface area (Å²) in [4.78, 5) is 18.3. The van der Waals surface area contributed by atoms with Crippen molar-refractivity contribution in [3.63, 3.8) is 0 Å². The fraction of sp³-hybridized carbons (Fsp3) is 0.333. The van der Waals surface area contributed by atoms with Crippen molar-refractivity contribution in [2.45, 2.75) is 12.5 Å². The van der Waals surface area contributed by atoms with E-state index in [1.54, 1.807) is 25.4 Å². The molecule has 1 amide bonds. The maximum absolute atomic E-state index is 12.6. The third-order valence-corrected chi connectivity index (χ3v) is 4.08. The number of amides is 1. The second kappa shape index (κ2) is 7.31. The summed E-state index contributed by atoms with van der Waals surface area (Å²) in [6.45, 7) is 1.68. The molecule has 0 unspecified atom stereocenters. The molecular formula is C18H21N3O3. The number of morpholine rings is 1. The zero-order valence-electron chi connectivity index (χ0n) is 13.6. The molecule has 6 heteroatoms. The molecule has 6 nitrogen and oxygen atoms in total. The summed E-state index contributed by atoms with van der Waals surface area (Å²) in [7, 11) is 1.65. The van der Waals surface area contributed by atoms with Gasteiger partial charge >= 0.3 is 0 Å². The Balaban J connectivity index is 1.64. The molecule has 0 spiro atoms. The van der Waals surface area contributed by atoms with Gasteiger partial charge in [0.1, 0.15) is 11.6 Å². The predicted octanol–water partition coefficient (Wildman–Crippen LogP) is 1.76. The minimum Gasteiger partial charge on any atom is -0.497 e. The number of nitrogen functional groups attached to an aromatic ring is 1. The van der Waals surface area contributed by atoms with Crippen LogP contribution in [0.15, 0.2) is 42.6 Å². The lowest BCUT2D eigenvalue weighted by Crippen LogP contribution is -2.46. The van der Waals surface area contributed by atoms with Gasteiger partial charge in [0, 0.05) is 31.3 Å². The first-order valence-corrected chi connectivity index (χ1v) is 7.91. The van der Waals surface area contributed by atoms with Crippen LogP contribution in [0.25, 0.3) is 0 Å². The molecular weight excluding hydrogens is 306 g/mol. The van der Waals surface area contributed by atoms with Crippen molar-refractivity contribution in [1.29, 1.82) is 0 Å². The summed E-state index contributed by atoms with van der Waals surface area (Å²) in [5.74, 6) is 1.14. The Morgan fingerprint density at radius 3 is 2.88 bits per heavy atom. The highest BCUT2D eigenvalue weighted by Gasteiger charge is 2.25. The van der Waals surface area contributed by atoms with Crippen LogP contribution in [0.1, 0.15) is 15.9 Å². The van der Waals surface area contributed by atoms with Gasteiger partial charge in [0.25, 0.3) is 5.91 Å². The van der Waals surface area contributed by atoms with E-state index in [-0.39, 0.29) is 12.0 Å². The molecule has 2 N–H and O–H groups in total. The summed E-state index contributed by atoms with van der Waals surface area (Å²) in [5, 5.41) is 0. The number of aromatic nitrogens is 1. The Bertz CT molecular complexity index is 703. The standard InChI is InChI=1S/C18H21N3O3/c1-23-15-4-2-13(3-5-15)10-16-12-21(8-9-24-16)18(22)14-6-7-20-17(19)11-14/h2-7,11,16H,8-10,12H2,1H3,(H2,19,20)/t16-/m0/s1. The molecule has 2 aromatic rings. The second-order valence-electron chi connectivity index (χ2n) is 5.77. The summed E-state index contributed by atoms with van der Waals surface area (Å²) in [5.41, 5.74) is 7.38. The Hall–Kier alpha value is -2.60. The fourth-order valence-electron chi connectivity index (χ4n) is 2.82. The van der Waals surface area contributed by atoms with Gasteiger partial charge in [-0.05, 0) is 29.8 Å². The molecule has 1 saturated heterocycles. The zero-order chi connectivity index (χ0) is 16.9. The van der Waals surface area contributed by atoms with Crippen molar-refractivity contribution >= 4 is 11.7 Å². The van der Waals surface area contributed by atoms with Gasteiger partial charge < -0.3 is 20.1 Å². The van der Waals surface area contributed by atoms with E-state index in [0.717, 1.165) is 17.7 Å². The van der Waals surface area contributed by atoms with E-state index in [9.17, 15) is 4.79 Å². The molecule has 0 radical (unpaired) electrons. The molecule has 1 aliphatic rings. The van der Waals surface area contributed by atoms with E-state index in [2.05, 4.69) is 4.98 Å². The first-order chi connectivity index (χ1) is 11.7. The smallest absolute Gasteiger partial charge is 0.254 e. The first-order valence-electron chi connectivity index (χ1n) is 7.91. The lowest BCUT2D eigenvalue weighted by Gasteiger charge is -2.33. The van der Waals surface area contributed by atoms with Gasteiger partial charge in [-0.25, -0.2) is 4.98 Å². The summed E-state index contributed by atoms with van der Waals surface area (Å²) < 4.78 is 11.0. The van der Waals surface area contributed by atoms with Crippen LogP contribution in [0.2, 0.25) is 0 Å². The normalized spacial score (nSPS) is 17.5. The molecule has 1 aliphatic heterocycles. The Kier molecular flexibility index (Phi) is 4.96. The maximum Gasteiger partial charge on any atom is 0.254 e. The highest BCUT2D eigenvalue weighted by Crippen LogP contribution is 2.17. The summed E-state index contributed by atoms with van der Waals surface area (Å²) in [6, 6.07) is 11.2. The number of hydrogen-bond donors (Lipinski definition) is 1. The maximum atomic E-state index is 12.6. The van der Waals surface area contributed by atoms with E-state index < -0.39 is 0 Å². The zero-order valence-corrected chi connectivity index (χ0v) is 13.6. The van der Waals surface area contributed by atoms with E-state index in [4.69, 9.17) is 15.2 Å². The molecule has 1 fully saturated rings. The van der Waals surface area contributed by atoms with Crippen molar-refractivity contribution in [2.75, 3.05) is 32.5 Å². The number of carbonyl (C=O) groups is 1. The lowest BCUT2D eigenvalue weighted by molar-refractivity contribution is -0.0208. The molecule has 0 aliphatic carbocycles. The molecule has 1 atom stereocenters. The van der Waals surface area contributed by atoms with E-state index in [1.807, 2.05) is 29.2 Å². The second-order valence-corrected chi connectivity index (χ2v) is 5.77. The third-order valence-electron chi connectivity index (χ3n) is 4.08. The molecule has 1 aromatic heterocycles. The van der Waals surface area contributed by atoms with E-state index >= 15 is 0 Å². The van der Waals surface area contributed by atoms with Gasteiger partial charge in [0.15, 0.2) is 0 Å². The number of benzene rings is 1. The highest BCUT2D eigenvalue weighted by atomic mass is 16.5. The van der Waals surface area contributed by atoms with Crippen molar-refractivity contribution < 1.29 is 14.3 Å². The third kappa shape index (κ3) is 3.83. The number of hydrogen-bond acceptors (Lipinski definition) is 5. The number of nitrogens with two attached hydrogens (primary N) is 1. The van der Waals surface area contributed by atoms with Crippen LogP contribution in [-0.2, 0) is 11.2 Å². The average molecular weight is 327 g/mol. The number of pyridine rings is 1. The predicted molar refractivity (Wildman–Crippen MR) is 91.0 cm³/mol. The van der Waals surface area contributed by atoms with Crippen molar-refractivity contribution in [3.05, 3.63) is 53.7 Å². The van der Waals surface area contributed by atoms with Crippen molar-refractivity contribution in [1.82, 2.24) is 9.88 Å². The largest absolute Gasteiger partial charge is 0.497 e. The van der Waals surface area contributed by atoms with Gasteiger partial charge in [0.2, 0.25) is 0 Å². The van der Waals surface area contributed by atoms with Gasteiger partial charge in [0.05, 0.1) is 19.8 Å². The van der Waals surface area contributed by atoms with Crippen LogP contribution in [0.4, 0.5) is 5.82 Å². The topological polar surface area (TPSA) is 77.7 Å². The minimum atomic E-state index is -0.0351. The summed E-state index contributed by atoms with van der Waals surface area (Å²) >= 11 is 0. The molecule has 0 bridgehead atoms. The lowest BCUT2D eigenvalue weighted by atomic mass is 10.1. The summed E-state index contributed by atoms with van der Waals surface area (Å²) in [6.07, 6.45) is 2.29. The quantitative estimate of drug-likeness (QED) is 0.926. The molecule has 24 heavy (non-hydrogen) atoms. The highest BCUT2D eigenvalue weighted by molar-refractivity contribution is 5.94. The van der Waals surface area contributed by atoms with Gasteiger partial charge in [-0.2, -0.15) is 0 Å². The number of carbonyl (C=O) groups excluding carboxylic acids is 1. The Labute approximate surface area is 141 Å². The Morgan fingerprint density at radius 2 is 2.17 bits per heavy atom. The SMILES string of the molecule is COc1ccc(C[C@H]2CN(C(=O)c3ccnc(N)c3)CCO2)cc1. The monoisotopic (exact) mass is 327 g/mol. The molecule has 3 rings (SSSR count). The van der Waals surface area contributed by atoms with E-state index in [1.165, 1.54) is 0 Å². The van der Waals surface area contributed by atoms with Crippen LogP contribution < -0.4 is 10.5 Å². The van der Waals surface area contributed by atoms with Crippen LogP contribution in [-0.4, -0.2) is 48.7 Å². The van der Waals surface area contributed by atoms with Crippen molar-refractivity contribution in [3.8, 4) is 5.75 Å². The fourth-order valence-corrected chi connectivity index (χ4v) is 2.82. The van der Waals surface area contributed by atoms with E-state index in [0.29, 0.717) is 31.1 Å². The number of methoxy groups -OCH3 is 1. The van der Waals surface area contributed by atoms with Crippen LogP contribution in [0.5, 0.6) is 5.75 Å². The van der Waals surface area contributed by atoms with Gasteiger partial charge in [-0.3, -0.25) is 4.79 Å². The van der Waals surface area contributed by atoms with Gasteiger partial charge in [-0.15, -0.1) is 0 Å². The minimum absolute atomic E-state index is 0.0183. The Morgan fingerprint density at radius 1 is 1.38 bits per heavy atom. The first kappa shape index (κ1) is 16.3. The van der Waals surface area contributed by atoms with Crippen LogP contribution >= 0.6 is 0 Å². The number of ether oxygens (including phenoxy) is 2. The molecule has 2 heterocycles. The molecule has 126 valence electrons. The average Bonchev–Trinajstić information content (AvgIpc) is 2.62. The number of anilines is 1. The molecule has 1 aromatic carbocycles. The van der Waals surface area contributed by atoms with Gasteiger partial charge in [-0.1, -0.05) is 12.1 Å². The van der Waals surface area contributed by atoms with Crippen LogP contribution in [0, 0.1) is 0 Å². The van der Waals surface area contributed by atoms with Crippen molar-refractivity contribution in [2.24, 2.45) is 0 Å². The number of nitrogens with zero attached hydrogens (tertiary/aromatic N) is 2. The molecule has 0 saturated carbocycles. The number of rotatable bonds is 4. The van der Waals surface area contributed by atoms with Crippen LogP contribution in [0.3, 0.4) is 0 Å².